The van der Waals surface area contributed by atoms with Crippen LogP contribution >= 0.6 is 0 Å². The van der Waals surface area contributed by atoms with Crippen molar-refractivity contribution in [3.05, 3.63) is 41.9 Å². The summed E-state index contributed by atoms with van der Waals surface area (Å²) in [5, 5.41) is 0. The van der Waals surface area contributed by atoms with Crippen LogP contribution < -0.4 is 11.3 Å². The summed E-state index contributed by atoms with van der Waals surface area (Å²) >= 11 is 0. The number of allylic oxidation sites excluding steroid dienone is 1. The minimum Gasteiger partial charge on any atom is -0.496 e. The summed E-state index contributed by atoms with van der Waals surface area (Å²) in [7, 11) is 0. The van der Waals surface area contributed by atoms with Gasteiger partial charge in [-0.1, -0.05) is 0 Å². The summed E-state index contributed by atoms with van der Waals surface area (Å²) in [5.74, 6) is 6.46. The third-order valence-corrected chi connectivity index (χ3v) is 2.45. The van der Waals surface area contributed by atoms with Crippen LogP contribution in [-0.2, 0) is 4.74 Å². The summed E-state index contributed by atoms with van der Waals surface area (Å²) in [6.45, 7) is 0.773. The van der Waals surface area contributed by atoms with Crippen molar-refractivity contribution in [2.45, 2.75) is 18.9 Å². The molecule has 0 spiro atoms. The lowest BCUT2D eigenvalue weighted by atomic mass is 10.0. The van der Waals surface area contributed by atoms with Gasteiger partial charge in [0.05, 0.1) is 6.61 Å². The molecular weight excluding hydrogens is 190 g/mol. The largest absolute Gasteiger partial charge is 0.496 e. The van der Waals surface area contributed by atoms with Gasteiger partial charge in [-0.2, -0.15) is 0 Å². The predicted molar refractivity (Wildman–Crippen MR) is 57.6 cm³/mol. The fraction of sp³-hybridized carbons (Fsp3) is 0.364. The van der Waals surface area contributed by atoms with Crippen molar-refractivity contribution in [3.8, 4) is 0 Å². The van der Waals surface area contributed by atoms with Gasteiger partial charge in [-0.05, 0) is 36.6 Å². The predicted octanol–water partition coefficient (Wildman–Crippen LogP) is 1.28. The molecule has 0 amide bonds. The molecule has 0 aromatic carbocycles. The van der Waals surface area contributed by atoms with Crippen molar-refractivity contribution < 1.29 is 4.74 Å². The second-order valence-electron chi connectivity index (χ2n) is 3.48. The van der Waals surface area contributed by atoms with E-state index in [-0.39, 0.29) is 6.04 Å². The first kappa shape index (κ1) is 10.1. The van der Waals surface area contributed by atoms with Gasteiger partial charge < -0.3 is 4.74 Å². The zero-order chi connectivity index (χ0) is 10.5. The number of hydrogen-bond donors (Lipinski definition) is 2. The molecule has 4 heteroatoms. The molecule has 1 unspecified atom stereocenters. The number of aromatic nitrogens is 1. The van der Waals surface area contributed by atoms with E-state index in [4.69, 9.17) is 10.6 Å². The minimum atomic E-state index is -0.0618. The molecule has 0 saturated heterocycles. The molecule has 0 fully saturated rings. The van der Waals surface area contributed by atoms with Gasteiger partial charge in [0.15, 0.2) is 0 Å². The molecular formula is C11H15N3O. The molecule has 80 valence electrons. The number of nitrogens with zero attached hydrogens (tertiary/aromatic N) is 1. The smallest absolute Gasteiger partial charge is 0.115 e. The Labute approximate surface area is 89.1 Å². The van der Waals surface area contributed by atoms with Gasteiger partial charge >= 0.3 is 0 Å². The lowest BCUT2D eigenvalue weighted by molar-refractivity contribution is 0.168. The van der Waals surface area contributed by atoms with Crippen LogP contribution in [0.25, 0.3) is 0 Å². The quantitative estimate of drug-likeness (QED) is 0.576. The van der Waals surface area contributed by atoms with E-state index in [1.54, 1.807) is 12.4 Å². The minimum absolute atomic E-state index is 0.0618. The zero-order valence-electron chi connectivity index (χ0n) is 8.52. The van der Waals surface area contributed by atoms with Crippen molar-refractivity contribution >= 4 is 0 Å². The maximum Gasteiger partial charge on any atom is 0.115 e. The van der Waals surface area contributed by atoms with Gasteiger partial charge in [-0.25, -0.2) is 5.43 Å². The average molecular weight is 205 g/mol. The Bertz CT molecular complexity index is 337. The molecule has 1 aromatic heterocycles. The molecule has 0 aliphatic carbocycles. The highest BCUT2D eigenvalue weighted by atomic mass is 16.5. The van der Waals surface area contributed by atoms with Crippen LogP contribution in [0.3, 0.4) is 0 Å². The lowest BCUT2D eigenvalue weighted by Gasteiger charge is -2.23. The first-order valence-electron chi connectivity index (χ1n) is 5.10. The van der Waals surface area contributed by atoms with Gasteiger partial charge in [0, 0.05) is 12.4 Å². The SMILES string of the molecule is NNC(C1=CCCCO1)c1ccncc1. The van der Waals surface area contributed by atoms with E-state index in [9.17, 15) is 0 Å². The van der Waals surface area contributed by atoms with Crippen molar-refractivity contribution in [3.63, 3.8) is 0 Å². The first-order chi connectivity index (χ1) is 7.42. The summed E-state index contributed by atoms with van der Waals surface area (Å²) in [6.07, 6.45) is 7.73. The number of hydrogen-bond acceptors (Lipinski definition) is 4. The van der Waals surface area contributed by atoms with E-state index >= 15 is 0 Å². The molecule has 0 saturated carbocycles. The highest BCUT2D eigenvalue weighted by molar-refractivity contribution is 5.23. The molecule has 0 bridgehead atoms. The summed E-state index contributed by atoms with van der Waals surface area (Å²) in [6, 6.07) is 3.81. The van der Waals surface area contributed by atoms with Gasteiger partial charge in [0.2, 0.25) is 0 Å². The second kappa shape index (κ2) is 4.91. The van der Waals surface area contributed by atoms with Crippen LogP contribution in [0.5, 0.6) is 0 Å². The van der Waals surface area contributed by atoms with Crippen molar-refractivity contribution in [2.75, 3.05) is 6.61 Å². The highest BCUT2D eigenvalue weighted by Crippen LogP contribution is 2.24. The third kappa shape index (κ3) is 2.34. The Balaban J connectivity index is 2.20. The van der Waals surface area contributed by atoms with Crippen LogP contribution in [0.15, 0.2) is 36.4 Å². The molecule has 1 aliphatic rings. The van der Waals surface area contributed by atoms with Gasteiger partial charge in [0.25, 0.3) is 0 Å². The monoisotopic (exact) mass is 205 g/mol. The summed E-state index contributed by atoms with van der Waals surface area (Å²) in [4.78, 5) is 3.98. The van der Waals surface area contributed by atoms with E-state index in [0.29, 0.717) is 0 Å². The Morgan fingerprint density at radius 2 is 2.20 bits per heavy atom. The van der Waals surface area contributed by atoms with E-state index in [2.05, 4.69) is 16.5 Å². The lowest BCUT2D eigenvalue weighted by Crippen LogP contribution is -2.31. The van der Waals surface area contributed by atoms with Gasteiger partial charge in [-0.15, -0.1) is 0 Å². The second-order valence-corrected chi connectivity index (χ2v) is 3.48. The van der Waals surface area contributed by atoms with E-state index in [1.165, 1.54) is 0 Å². The van der Waals surface area contributed by atoms with Crippen molar-refractivity contribution in [2.24, 2.45) is 5.84 Å². The van der Waals surface area contributed by atoms with E-state index in [1.807, 2.05) is 12.1 Å². The maximum atomic E-state index is 5.58. The number of nitrogens with one attached hydrogen (secondary N) is 1. The van der Waals surface area contributed by atoms with Crippen LogP contribution in [0.2, 0.25) is 0 Å². The number of nitrogens with two attached hydrogens (primary N) is 1. The molecule has 0 radical (unpaired) electrons. The van der Waals surface area contributed by atoms with Crippen LogP contribution in [0, 0.1) is 0 Å². The summed E-state index contributed by atoms with van der Waals surface area (Å²) < 4.78 is 5.58. The topological polar surface area (TPSA) is 60.2 Å². The van der Waals surface area contributed by atoms with E-state index in [0.717, 1.165) is 30.8 Å². The molecule has 3 N–H and O–H groups in total. The summed E-state index contributed by atoms with van der Waals surface area (Å²) in [5.41, 5.74) is 3.84. The number of pyridine rings is 1. The fourth-order valence-electron chi connectivity index (χ4n) is 1.68. The molecule has 4 nitrogen and oxygen atoms in total. The molecule has 1 atom stereocenters. The third-order valence-electron chi connectivity index (χ3n) is 2.45. The van der Waals surface area contributed by atoms with Crippen molar-refractivity contribution in [1.82, 2.24) is 10.4 Å². The molecule has 1 aliphatic heterocycles. The average Bonchev–Trinajstić information content (AvgIpc) is 2.33. The Kier molecular flexibility index (Phi) is 3.32. The molecule has 15 heavy (non-hydrogen) atoms. The molecule has 1 aromatic rings. The number of rotatable bonds is 3. The van der Waals surface area contributed by atoms with E-state index < -0.39 is 0 Å². The fourth-order valence-corrected chi connectivity index (χ4v) is 1.68. The standard InChI is InChI=1S/C11H15N3O/c12-14-11(9-4-6-13-7-5-9)10-3-1-2-8-15-10/h3-7,11,14H,1-2,8,12H2. The highest BCUT2D eigenvalue weighted by Gasteiger charge is 2.17. The Hall–Kier alpha value is -1.39. The number of ether oxygens (including phenoxy) is 1. The molecule has 2 rings (SSSR count). The number of hydrazine groups is 1. The van der Waals surface area contributed by atoms with Gasteiger partial charge in [-0.3, -0.25) is 10.8 Å². The zero-order valence-corrected chi connectivity index (χ0v) is 8.52. The normalized spacial score (nSPS) is 17.8. The molecule has 2 heterocycles. The van der Waals surface area contributed by atoms with Crippen LogP contribution in [-0.4, -0.2) is 11.6 Å². The van der Waals surface area contributed by atoms with Crippen LogP contribution in [0.1, 0.15) is 24.4 Å². The van der Waals surface area contributed by atoms with Crippen molar-refractivity contribution in [1.29, 1.82) is 0 Å². The maximum absolute atomic E-state index is 5.58. The van der Waals surface area contributed by atoms with Crippen LogP contribution in [0.4, 0.5) is 0 Å². The first-order valence-corrected chi connectivity index (χ1v) is 5.10. The Morgan fingerprint density at radius 1 is 1.40 bits per heavy atom. The van der Waals surface area contributed by atoms with Gasteiger partial charge in [0.1, 0.15) is 11.8 Å². The Morgan fingerprint density at radius 3 is 2.80 bits per heavy atom.